The fourth-order valence-corrected chi connectivity index (χ4v) is 4.42. The molecule has 0 saturated heterocycles. The van der Waals surface area contributed by atoms with Gasteiger partial charge in [0.2, 0.25) is 0 Å². The SMILES string of the molecule is CN=C(NC1CCc2cn(C(C)C)nc2C1)NC1CC1(C)c1ccccc1OC. The zero-order valence-corrected chi connectivity index (χ0v) is 18.2. The van der Waals surface area contributed by atoms with Crippen molar-refractivity contribution in [2.24, 2.45) is 4.99 Å². The van der Waals surface area contributed by atoms with Gasteiger partial charge in [-0.1, -0.05) is 25.1 Å². The molecule has 0 aliphatic heterocycles. The second-order valence-electron chi connectivity index (χ2n) is 8.85. The summed E-state index contributed by atoms with van der Waals surface area (Å²) in [4.78, 5) is 4.49. The molecule has 3 atom stereocenters. The molecule has 1 aromatic carbocycles. The smallest absolute Gasteiger partial charge is 0.191 e. The molecule has 6 nitrogen and oxygen atoms in total. The van der Waals surface area contributed by atoms with Crippen LogP contribution in [0.1, 0.15) is 56.5 Å². The first kappa shape index (κ1) is 19.8. The first-order valence-electron chi connectivity index (χ1n) is 10.6. The Morgan fingerprint density at radius 2 is 2.10 bits per heavy atom. The normalized spacial score (nSPS) is 26.2. The topological polar surface area (TPSA) is 63.5 Å². The standard InChI is InChI=1S/C23H33N5O/c1-15(2)28-14-16-10-11-17(12-19(16)27-28)25-22(24-4)26-21-13-23(21,3)18-8-6-7-9-20(18)29-5/h6-9,14-15,17,21H,10-13H2,1-5H3,(H2,24,25,26). The lowest BCUT2D eigenvalue weighted by Crippen LogP contribution is -2.47. The number of hydrogen-bond acceptors (Lipinski definition) is 3. The van der Waals surface area contributed by atoms with Crippen molar-refractivity contribution in [3.63, 3.8) is 0 Å². The molecule has 0 spiro atoms. The van der Waals surface area contributed by atoms with Crippen LogP contribution in [-0.4, -0.2) is 42.0 Å². The van der Waals surface area contributed by atoms with Gasteiger partial charge < -0.3 is 15.4 Å². The number of hydrogen-bond donors (Lipinski definition) is 2. The molecule has 0 bridgehead atoms. The third kappa shape index (κ3) is 3.85. The highest BCUT2D eigenvalue weighted by molar-refractivity contribution is 5.81. The molecular weight excluding hydrogens is 362 g/mol. The summed E-state index contributed by atoms with van der Waals surface area (Å²) in [6, 6.07) is 9.44. The van der Waals surface area contributed by atoms with E-state index in [4.69, 9.17) is 9.84 Å². The summed E-state index contributed by atoms with van der Waals surface area (Å²) < 4.78 is 7.67. The average Bonchev–Trinajstić information content (AvgIpc) is 3.18. The maximum atomic E-state index is 5.58. The van der Waals surface area contributed by atoms with Crippen molar-refractivity contribution in [2.75, 3.05) is 14.2 Å². The van der Waals surface area contributed by atoms with Crippen LogP contribution in [0.25, 0.3) is 0 Å². The summed E-state index contributed by atoms with van der Waals surface area (Å²) >= 11 is 0. The van der Waals surface area contributed by atoms with Gasteiger partial charge in [-0.25, -0.2) is 0 Å². The number of ether oxygens (including phenoxy) is 1. The summed E-state index contributed by atoms with van der Waals surface area (Å²) in [6.45, 7) is 6.64. The van der Waals surface area contributed by atoms with Crippen LogP contribution >= 0.6 is 0 Å². The molecule has 0 amide bonds. The van der Waals surface area contributed by atoms with Crippen molar-refractivity contribution >= 4 is 5.96 Å². The van der Waals surface area contributed by atoms with Crippen molar-refractivity contribution in [3.8, 4) is 5.75 Å². The van der Waals surface area contributed by atoms with Crippen LogP contribution in [0.15, 0.2) is 35.5 Å². The number of rotatable bonds is 5. The second kappa shape index (κ2) is 7.73. The predicted molar refractivity (Wildman–Crippen MR) is 117 cm³/mol. The molecule has 2 N–H and O–H groups in total. The van der Waals surface area contributed by atoms with Crippen LogP contribution in [0.5, 0.6) is 5.75 Å². The van der Waals surface area contributed by atoms with E-state index in [0.717, 1.165) is 37.4 Å². The zero-order chi connectivity index (χ0) is 20.6. The number of methoxy groups -OCH3 is 1. The molecule has 156 valence electrons. The van der Waals surface area contributed by atoms with Gasteiger partial charge >= 0.3 is 0 Å². The number of fused-ring (bicyclic) bond motifs is 1. The number of aromatic nitrogens is 2. The van der Waals surface area contributed by atoms with Crippen LogP contribution < -0.4 is 15.4 Å². The molecule has 4 rings (SSSR count). The largest absolute Gasteiger partial charge is 0.496 e. The summed E-state index contributed by atoms with van der Waals surface area (Å²) in [5.41, 5.74) is 3.95. The summed E-state index contributed by atoms with van der Waals surface area (Å²) in [5, 5.41) is 12.1. The minimum absolute atomic E-state index is 0.0694. The predicted octanol–water partition coefficient (Wildman–Crippen LogP) is 3.23. The Morgan fingerprint density at radius 1 is 1.31 bits per heavy atom. The number of nitrogens with one attached hydrogen (secondary N) is 2. The molecule has 2 aliphatic carbocycles. The number of benzene rings is 1. The Bertz CT molecular complexity index is 902. The zero-order valence-electron chi connectivity index (χ0n) is 18.2. The van der Waals surface area contributed by atoms with Gasteiger partial charge in [-0.05, 0) is 44.7 Å². The van der Waals surface area contributed by atoms with E-state index < -0.39 is 0 Å². The van der Waals surface area contributed by atoms with Crippen LogP contribution in [0.3, 0.4) is 0 Å². The third-order valence-electron chi connectivity index (χ3n) is 6.46. The number of aliphatic imine (C=N–C) groups is 1. The van der Waals surface area contributed by atoms with Crippen molar-refractivity contribution in [3.05, 3.63) is 47.3 Å². The first-order valence-corrected chi connectivity index (χ1v) is 10.6. The van der Waals surface area contributed by atoms with E-state index in [1.54, 1.807) is 7.11 Å². The number of para-hydroxylation sites is 1. The molecule has 1 heterocycles. The lowest BCUT2D eigenvalue weighted by Gasteiger charge is -2.25. The van der Waals surface area contributed by atoms with Gasteiger partial charge in [-0.3, -0.25) is 9.67 Å². The summed E-state index contributed by atoms with van der Waals surface area (Å²) in [7, 11) is 3.59. The van der Waals surface area contributed by atoms with Gasteiger partial charge in [0.05, 0.1) is 12.8 Å². The van der Waals surface area contributed by atoms with Gasteiger partial charge in [0, 0.05) is 48.8 Å². The quantitative estimate of drug-likeness (QED) is 0.603. The van der Waals surface area contributed by atoms with E-state index in [2.05, 4.69) is 59.4 Å². The molecule has 6 heteroatoms. The van der Waals surface area contributed by atoms with Gasteiger partial charge in [0.1, 0.15) is 5.75 Å². The molecule has 1 fully saturated rings. The summed E-state index contributed by atoms with van der Waals surface area (Å²) in [6.07, 6.45) is 6.41. The van der Waals surface area contributed by atoms with E-state index in [1.807, 2.05) is 19.2 Å². The maximum absolute atomic E-state index is 5.58. The molecule has 1 aromatic heterocycles. The Morgan fingerprint density at radius 3 is 2.83 bits per heavy atom. The number of nitrogens with zero attached hydrogens (tertiary/aromatic N) is 3. The van der Waals surface area contributed by atoms with Crippen molar-refractivity contribution in [1.29, 1.82) is 0 Å². The average molecular weight is 396 g/mol. The molecular formula is C23H33N5O. The lowest BCUT2D eigenvalue weighted by molar-refractivity contribution is 0.404. The first-order chi connectivity index (χ1) is 13.9. The highest BCUT2D eigenvalue weighted by atomic mass is 16.5. The lowest BCUT2D eigenvalue weighted by atomic mass is 9.94. The second-order valence-corrected chi connectivity index (χ2v) is 8.85. The number of aryl methyl sites for hydroxylation is 1. The molecule has 29 heavy (non-hydrogen) atoms. The van der Waals surface area contributed by atoms with Crippen molar-refractivity contribution < 1.29 is 4.74 Å². The third-order valence-corrected chi connectivity index (χ3v) is 6.46. The van der Waals surface area contributed by atoms with Crippen molar-refractivity contribution in [1.82, 2.24) is 20.4 Å². The summed E-state index contributed by atoms with van der Waals surface area (Å²) in [5.74, 6) is 1.84. The van der Waals surface area contributed by atoms with Crippen LogP contribution in [-0.2, 0) is 18.3 Å². The van der Waals surface area contributed by atoms with Crippen LogP contribution in [0.2, 0.25) is 0 Å². The fourth-order valence-electron chi connectivity index (χ4n) is 4.42. The Kier molecular flexibility index (Phi) is 5.28. The van der Waals surface area contributed by atoms with Gasteiger partial charge in [-0.2, -0.15) is 5.10 Å². The molecule has 2 aliphatic rings. The fraction of sp³-hybridized carbons (Fsp3) is 0.565. The highest BCUT2D eigenvalue weighted by Crippen LogP contribution is 2.50. The molecule has 0 radical (unpaired) electrons. The van der Waals surface area contributed by atoms with E-state index in [9.17, 15) is 0 Å². The number of guanidine groups is 1. The maximum Gasteiger partial charge on any atom is 0.191 e. The van der Waals surface area contributed by atoms with Gasteiger partial charge in [0.15, 0.2) is 5.96 Å². The molecule has 2 aromatic rings. The van der Waals surface area contributed by atoms with Crippen LogP contribution in [0, 0.1) is 0 Å². The Hall–Kier alpha value is -2.50. The van der Waals surface area contributed by atoms with Gasteiger partial charge in [0.25, 0.3) is 0 Å². The van der Waals surface area contributed by atoms with E-state index in [1.165, 1.54) is 16.8 Å². The minimum atomic E-state index is 0.0694. The Labute approximate surface area is 173 Å². The minimum Gasteiger partial charge on any atom is -0.496 e. The molecule has 3 unspecified atom stereocenters. The highest BCUT2D eigenvalue weighted by Gasteiger charge is 2.53. The van der Waals surface area contributed by atoms with Gasteiger partial charge in [-0.15, -0.1) is 0 Å². The van der Waals surface area contributed by atoms with E-state index in [0.29, 0.717) is 18.1 Å². The van der Waals surface area contributed by atoms with Crippen molar-refractivity contribution in [2.45, 2.75) is 70.0 Å². The Balaban J connectivity index is 1.39. The van der Waals surface area contributed by atoms with Crippen LogP contribution in [0.4, 0.5) is 0 Å². The van der Waals surface area contributed by atoms with E-state index >= 15 is 0 Å². The monoisotopic (exact) mass is 395 g/mol. The van der Waals surface area contributed by atoms with E-state index in [-0.39, 0.29) is 5.41 Å². The molecule has 1 saturated carbocycles.